The molecule has 2 heterocycles. The maximum absolute atomic E-state index is 9.35. The Labute approximate surface area is 122 Å². The van der Waals surface area contributed by atoms with Gasteiger partial charge in [0, 0.05) is 25.8 Å². The van der Waals surface area contributed by atoms with Crippen LogP contribution in [0.1, 0.15) is 17.8 Å². The second-order valence-electron chi connectivity index (χ2n) is 4.95. The number of imidazole rings is 1. The zero-order valence-corrected chi connectivity index (χ0v) is 11.6. The molecule has 3 aromatic rings. The van der Waals surface area contributed by atoms with Crippen LogP contribution in [0.4, 0.5) is 0 Å². The minimum atomic E-state index is 0.144. The lowest BCUT2D eigenvalue weighted by molar-refractivity contribution is 0.280. The van der Waals surface area contributed by atoms with Gasteiger partial charge in [0.25, 0.3) is 0 Å². The minimum absolute atomic E-state index is 0.144. The molecule has 1 aromatic carbocycles. The van der Waals surface area contributed by atoms with E-state index < -0.39 is 0 Å². The van der Waals surface area contributed by atoms with Crippen molar-refractivity contribution in [3.05, 3.63) is 54.0 Å². The van der Waals surface area contributed by atoms with Gasteiger partial charge in [-0.2, -0.15) is 0 Å². The summed E-state index contributed by atoms with van der Waals surface area (Å²) in [6.45, 7) is 0.836. The summed E-state index contributed by atoms with van der Waals surface area (Å²) in [7, 11) is 0. The van der Waals surface area contributed by atoms with Crippen LogP contribution in [0.25, 0.3) is 11.2 Å². The average Bonchev–Trinajstić information content (AvgIpc) is 2.85. The summed E-state index contributed by atoms with van der Waals surface area (Å²) in [5.41, 5.74) is 2.79. The molecule has 108 valence electrons. The van der Waals surface area contributed by atoms with Crippen LogP contribution in [0.5, 0.6) is 5.75 Å². The first kappa shape index (κ1) is 13.6. The van der Waals surface area contributed by atoms with Crippen molar-refractivity contribution < 1.29 is 10.2 Å². The fraction of sp³-hybridized carbons (Fsp3) is 0.250. The van der Waals surface area contributed by atoms with Gasteiger partial charge in [-0.25, -0.2) is 9.97 Å². The normalized spacial score (nSPS) is 11.1. The third-order valence-electron chi connectivity index (χ3n) is 3.42. The van der Waals surface area contributed by atoms with Crippen molar-refractivity contribution in [3.8, 4) is 5.75 Å². The number of fused-ring (bicyclic) bond motifs is 1. The molecule has 0 fully saturated rings. The molecule has 0 saturated carbocycles. The Morgan fingerprint density at radius 3 is 2.67 bits per heavy atom. The quantitative estimate of drug-likeness (QED) is 0.752. The fourth-order valence-corrected chi connectivity index (χ4v) is 2.40. The molecule has 0 aliphatic heterocycles. The van der Waals surface area contributed by atoms with Gasteiger partial charge in [-0.3, -0.25) is 0 Å². The zero-order valence-electron chi connectivity index (χ0n) is 11.6. The molecule has 5 heteroatoms. The van der Waals surface area contributed by atoms with E-state index in [0.29, 0.717) is 19.4 Å². The Hall–Kier alpha value is -2.40. The molecule has 0 bridgehead atoms. The lowest BCUT2D eigenvalue weighted by Gasteiger charge is -2.08. The highest BCUT2D eigenvalue weighted by Crippen LogP contribution is 2.18. The minimum Gasteiger partial charge on any atom is -0.508 e. The molecular weight excluding hydrogens is 266 g/mol. The maximum Gasteiger partial charge on any atom is 0.159 e. The summed E-state index contributed by atoms with van der Waals surface area (Å²) in [5, 5.41) is 18.4. The number of hydrogen-bond acceptors (Lipinski definition) is 4. The number of benzene rings is 1. The highest BCUT2D eigenvalue weighted by atomic mass is 16.3. The summed E-state index contributed by atoms with van der Waals surface area (Å²) >= 11 is 0. The monoisotopic (exact) mass is 283 g/mol. The number of pyridine rings is 1. The van der Waals surface area contributed by atoms with E-state index in [2.05, 4.69) is 14.5 Å². The van der Waals surface area contributed by atoms with E-state index in [4.69, 9.17) is 5.11 Å². The van der Waals surface area contributed by atoms with E-state index >= 15 is 0 Å². The third kappa shape index (κ3) is 2.87. The number of nitrogens with zero attached hydrogens (tertiary/aromatic N) is 3. The lowest BCUT2D eigenvalue weighted by atomic mass is 10.1. The first-order valence-corrected chi connectivity index (χ1v) is 6.97. The Morgan fingerprint density at radius 1 is 1.10 bits per heavy atom. The molecule has 0 radical (unpaired) electrons. The van der Waals surface area contributed by atoms with Crippen LogP contribution < -0.4 is 0 Å². The summed E-state index contributed by atoms with van der Waals surface area (Å²) in [6.07, 6.45) is 3.09. The van der Waals surface area contributed by atoms with Crippen LogP contribution in [-0.4, -0.2) is 31.4 Å². The summed E-state index contributed by atoms with van der Waals surface area (Å²) < 4.78 is 2.05. The zero-order chi connectivity index (χ0) is 14.7. The molecule has 0 aliphatic rings. The number of phenols is 1. The topological polar surface area (TPSA) is 71.2 Å². The molecule has 2 aromatic heterocycles. The van der Waals surface area contributed by atoms with Crippen molar-refractivity contribution in [1.82, 2.24) is 14.5 Å². The van der Waals surface area contributed by atoms with Crippen molar-refractivity contribution >= 4 is 11.2 Å². The van der Waals surface area contributed by atoms with Crippen LogP contribution >= 0.6 is 0 Å². The number of rotatable bonds is 5. The maximum atomic E-state index is 9.35. The highest BCUT2D eigenvalue weighted by Gasteiger charge is 2.11. The van der Waals surface area contributed by atoms with Gasteiger partial charge < -0.3 is 14.8 Å². The molecule has 0 atom stereocenters. The summed E-state index contributed by atoms with van der Waals surface area (Å²) in [5.74, 6) is 1.18. The molecule has 3 rings (SSSR count). The van der Waals surface area contributed by atoms with Crippen molar-refractivity contribution in [2.75, 3.05) is 6.61 Å². The Kier molecular flexibility index (Phi) is 3.83. The van der Waals surface area contributed by atoms with Crippen molar-refractivity contribution in [2.45, 2.75) is 19.4 Å². The van der Waals surface area contributed by atoms with Crippen LogP contribution in [0.15, 0.2) is 42.6 Å². The third-order valence-corrected chi connectivity index (χ3v) is 3.42. The number of aromatic nitrogens is 3. The Bertz CT molecular complexity index is 735. The Morgan fingerprint density at radius 2 is 1.90 bits per heavy atom. The first-order valence-electron chi connectivity index (χ1n) is 6.97. The SMILES string of the molecule is OCCCn1c(Cc2ccc(O)cc2)nc2cccnc21. The summed E-state index contributed by atoms with van der Waals surface area (Å²) in [6, 6.07) is 10.9. The van der Waals surface area contributed by atoms with Crippen LogP contribution in [-0.2, 0) is 13.0 Å². The number of phenolic OH excluding ortho intramolecular Hbond substituents is 1. The average molecular weight is 283 g/mol. The predicted molar refractivity (Wildman–Crippen MR) is 80.1 cm³/mol. The van der Waals surface area contributed by atoms with Gasteiger partial charge in [-0.15, -0.1) is 0 Å². The van der Waals surface area contributed by atoms with Gasteiger partial charge in [0.05, 0.1) is 0 Å². The fourth-order valence-electron chi connectivity index (χ4n) is 2.40. The molecule has 2 N–H and O–H groups in total. The van der Waals surface area contributed by atoms with E-state index in [0.717, 1.165) is 22.6 Å². The van der Waals surface area contributed by atoms with Crippen LogP contribution in [0, 0.1) is 0 Å². The highest BCUT2D eigenvalue weighted by molar-refractivity contribution is 5.71. The van der Waals surface area contributed by atoms with Gasteiger partial charge in [0.1, 0.15) is 17.1 Å². The smallest absolute Gasteiger partial charge is 0.159 e. The van der Waals surface area contributed by atoms with Crippen LogP contribution in [0.2, 0.25) is 0 Å². The molecule has 0 unspecified atom stereocenters. The number of hydrogen-bond donors (Lipinski definition) is 2. The standard InChI is InChI=1S/C16H17N3O2/c20-10-2-9-19-15(11-12-4-6-13(21)7-5-12)18-14-3-1-8-17-16(14)19/h1,3-8,20-21H,2,9-11H2. The molecule has 5 nitrogen and oxygen atoms in total. The largest absolute Gasteiger partial charge is 0.508 e. The number of aliphatic hydroxyl groups excluding tert-OH is 1. The van der Waals surface area contributed by atoms with E-state index in [1.807, 2.05) is 24.3 Å². The van der Waals surface area contributed by atoms with Gasteiger partial charge in [0.2, 0.25) is 0 Å². The summed E-state index contributed by atoms with van der Waals surface area (Å²) in [4.78, 5) is 9.03. The van der Waals surface area contributed by atoms with E-state index in [1.54, 1.807) is 18.3 Å². The molecule has 0 saturated heterocycles. The number of aliphatic hydroxyl groups is 1. The van der Waals surface area contributed by atoms with Gasteiger partial charge in [0.15, 0.2) is 5.65 Å². The van der Waals surface area contributed by atoms with E-state index in [9.17, 15) is 5.11 Å². The van der Waals surface area contributed by atoms with Crippen molar-refractivity contribution in [2.24, 2.45) is 0 Å². The van der Waals surface area contributed by atoms with E-state index in [1.165, 1.54) is 0 Å². The van der Waals surface area contributed by atoms with Crippen LogP contribution in [0.3, 0.4) is 0 Å². The predicted octanol–water partition coefficient (Wildman–Crippen LogP) is 2.11. The molecule has 0 aliphatic carbocycles. The van der Waals surface area contributed by atoms with E-state index in [-0.39, 0.29) is 12.4 Å². The lowest BCUT2D eigenvalue weighted by Crippen LogP contribution is -2.06. The molecule has 0 spiro atoms. The van der Waals surface area contributed by atoms with Gasteiger partial charge >= 0.3 is 0 Å². The second-order valence-corrected chi connectivity index (χ2v) is 4.95. The number of aryl methyl sites for hydroxylation is 1. The number of aromatic hydroxyl groups is 1. The second kappa shape index (κ2) is 5.93. The first-order chi connectivity index (χ1) is 10.3. The molecule has 21 heavy (non-hydrogen) atoms. The Balaban J connectivity index is 1.97. The molecule has 0 amide bonds. The molecular formula is C16H17N3O2. The van der Waals surface area contributed by atoms with Crippen molar-refractivity contribution in [1.29, 1.82) is 0 Å². The van der Waals surface area contributed by atoms with Gasteiger partial charge in [-0.05, 0) is 36.2 Å². The van der Waals surface area contributed by atoms with Crippen molar-refractivity contribution in [3.63, 3.8) is 0 Å². The van der Waals surface area contributed by atoms with Gasteiger partial charge in [-0.1, -0.05) is 12.1 Å².